The number of Topliss-reactive ketones (excluding diaryl/α,β-unsaturated/α-hetero) is 1. The van der Waals surface area contributed by atoms with Crippen molar-refractivity contribution in [2.24, 2.45) is 23.2 Å². The van der Waals surface area contributed by atoms with Crippen molar-refractivity contribution in [1.29, 1.82) is 0 Å². The van der Waals surface area contributed by atoms with Crippen LogP contribution < -0.4 is 5.32 Å². The van der Waals surface area contributed by atoms with E-state index < -0.39 is 17.9 Å². The van der Waals surface area contributed by atoms with E-state index in [1.165, 1.54) is 31.6 Å². The van der Waals surface area contributed by atoms with E-state index in [1.54, 1.807) is 30.3 Å². The molecule has 1 unspecified atom stereocenters. The number of ether oxygens (including phenoxy) is 1. The van der Waals surface area contributed by atoms with Crippen molar-refractivity contribution < 1.29 is 23.5 Å². The number of carbonyl (C=O) groups is 3. The lowest BCUT2D eigenvalue weighted by molar-refractivity contribution is -0.158. The van der Waals surface area contributed by atoms with E-state index in [-0.39, 0.29) is 23.6 Å². The second kappa shape index (κ2) is 7.98. The van der Waals surface area contributed by atoms with Crippen LogP contribution in [-0.4, -0.2) is 24.3 Å². The van der Waals surface area contributed by atoms with Crippen LogP contribution in [0.2, 0.25) is 0 Å². The standard InChI is InChI=1S/C25H27NO5/c27-21(25-12-16-9-17(13-25)11-18(10-16)14-25)15-31-24(29)22(19-5-2-1-3-6-19)26-23(28)20-7-4-8-30-20/h1-8,16-18,22H,9-15H2,(H,26,28). The summed E-state index contributed by atoms with van der Waals surface area (Å²) in [5.74, 6) is 0.955. The predicted molar refractivity (Wildman–Crippen MR) is 112 cm³/mol. The van der Waals surface area contributed by atoms with E-state index in [1.807, 2.05) is 6.07 Å². The zero-order valence-corrected chi connectivity index (χ0v) is 17.4. The molecule has 4 saturated carbocycles. The molecule has 4 aliphatic rings. The molecule has 4 bridgehead atoms. The second-order valence-electron chi connectivity index (χ2n) is 9.52. The molecule has 1 N–H and O–H groups in total. The van der Waals surface area contributed by atoms with Gasteiger partial charge < -0.3 is 14.5 Å². The highest BCUT2D eigenvalue weighted by molar-refractivity contribution is 5.95. The lowest BCUT2D eigenvalue weighted by Gasteiger charge is -2.55. The second-order valence-corrected chi connectivity index (χ2v) is 9.52. The molecule has 4 aliphatic carbocycles. The van der Waals surface area contributed by atoms with Gasteiger partial charge in [-0.25, -0.2) is 4.79 Å². The van der Waals surface area contributed by atoms with Crippen LogP contribution in [0.4, 0.5) is 0 Å². The van der Waals surface area contributed by atoms with Crippen molar-refractivity contribution in [1.82, 2.24) is 5.32 Å². The number of rotatable bonds is 7. The summed E-state index contributed by atoms with van der Waals surface area (Å²) in [6, 6.07) is 11.0. The van der Waals surface area contributed by atoms with Crippen molar-refractivity contribution >= 4 is 17.7 Å². The quantitative estimate of drug-likeness (QED) is 0.681. The largest absolute Gasteiger partial charge is 0.459 e. The van der Waals surface area contributed by atoms with Gasteiger partial charge in [0, 0.05) is 5.41 Å². The third-order valence-corrected chi connectivity index (χ3v) is 7.36. The monoisotopic (exact) mass is 421 g/mol. The molecule has 1 aromatic heterocycles. The molecule has 162 valence electrons. The topological polar surface area (TPSA) is 85.6 Å². The Hall–Kier alpha value is -2.89. The zero-order chi connectivity index (χ0) is 21.4. The smallest absolute Gasteiger partial charge is 0.333 e. The Bertz CT molecular complexity index is 930. The molecule has 0 saturated heterocycles. The number of amides is 1. The van der Waals surface area contributed by atoms with Crippen molar-refractivity contribution in [3.05, 3.63) is 60.1 Å². The summed E-state index contributed by atoms with van der Waals surface area (Å²) >= 11 is 0. The number of esters is 1. The third-order valence-electron chi connectivity index (χ3n) is 7.36. The van der Waals surface area contributed by atoms with E-state index in [9.17, 15) is 14.4 Å². The maximum atomic E-state index is 13.2. The Morgan fingerprint density at radius 1 is 0.968 bits per heavy atom. The maximum absolute atomic E-state index is 13.2. The number of nitrogens with one attached hydrogen (secondary N) is 1. The zero-order valence-electron chi connectivity index (χ0n) is 17.4. The van der Waals surface area contributed by atoms with Gasteiger partial charge in [0.2, 0.25) is 0 Å². The Balaban J connectivity index is 1.27. The average molecular weight is 421 g/mol. The van der Waals surface area contributed by atoms with E-state index in [0.717, 1.165) is 19.3 Å². The molecule has 6 heteroatoms. The van der Waals surface area contributed by atoms with Gasteiger partial charge in [-0.3, -0.25) is 9.59 Å². The summed E-state index contributed by atoms with van der Waals surface area (Å²) in [6.07, 6.45) is 7.96. The van der Waals surface area contributed by atoms with Gasteiger partial charge in [-0.15, -0.1) is 0 Å². The van der Waals surface area contributed by atoms with Crippen LogP contribution >= 0.6 is 0 Å². The van der Waals surface area contributed by atoms with Crippen LogP contribution in [0.1, 0.15) is 60.7 Å². The summed E-state index contributed by atoms with van der Waals surface area (Å²) in [6.45, 7) is -0.231. The molecule has 0 aliphatic heterocycles. The summed E-state index contributed by atoms with van der Waals surface area (Å²) in [4.78, 5) is 38.6. The fourth-order valence-electron chi connectivity index (χ4n) is 6.36. The fourth-order valence-corrected chi connectivity index (χ4v) is 6.36. The number of carbonyl (C=O) groups excluding carboxylic acids is 3. The molecular formula is C25H27NO5. The molecule has 0 radical (unpaired) electrons. The SMILES string of the molecule is O=C(NC(C(=O)OCC(=O)C12CC3CC(CC(C3)C1)C2)c1ccccc1)c1ccco1. The van der Waals surface area contributed by atoms with Gasteiger partial charge in [0.15, 0.2) is 24.2 Å². The van der Waals surface area contributed by atoms with E-state index in [0.29, 0.717) is 23.3 Å². The Morgan fingerprint density at radius 2 is 1.61 bits per heavy atom. The molecule has 1 aromatic carbocycles. The van der Waals surface area contributed by atoms with Gasteiger partial charge in [0.1, 0.15) is 0 Å². The molecule has 4 fully saturated rings. The minimum absolute atomic E-state index is 0.0455. The highest BCUT2D eigenvalue weighted by atomic mass is 16.5. The first kappa shape index (κ1) is 20.0. The molecule has 1 atom stereocenters. The van der Waals surface area contributed by atoms with Crippen LogP contribution in [0.5, 0.6) is 0 Å². The first-order chi connectivity index (χ1) is 15.0. The first-order valence-electron chi connectivity index (χ1n) is 11.1. The number of hydrogen-bond acceptors (Lipinski definition) is 5. The molecular weight excluding hydrogens is 394 g/mol. The van der Waals surface area contributed by atoms with Gasteiger partial charge >= 0.3 is 5.97 Å². The highest BCUT2D eigenvalue weighted by Gasteiger charge is 2.54. The molecule has 6 nitrogen and oxygen atoms in total. The van der Waals surface area contributed by atoms with Crippen LogP contribution in [0, 0.1) is 23.2 Å². The van der Waals surface area contributed by atoms with Crippen molar-refractivity contribution in [3.8, 4) is 0 Å². The Labute approximate surface area is 181 Å². The van der Waals surface area contributed by atoms with Gasteiger partial charge in [-0.1, -0.05) is 30.3 Å². The first-order valence-corrected chi connectivity index (χ1v) is 11.1. The van der Waals surface area contributed by atoms with Gasteiger partial charge in [0.05, 0.1) is 6.26 Å². The summed E-state index contributed by atoms with van der Waals surface area (Å²) < 4.78 is 10.6. The van der Waals surface area contributed by atoms with Gasteiger partial charge in [0.25, 0.3) is 5.91 Å². The predicted octanol–water partition coefficient (Wildman–Crippen LogP) is 4.08. The Morgan fingerprint density at radius 3 is 2.19 bits per heavy atom. The number of benzene rings is 1. The van der Waals surface area contributed by atoms with E-state index in [4.69, 9.17) is 9.15 Å². The summed E-state index contributed by atoms with van der Waals surface area (Å²) in [5.41, 5.74) is 0.281. The van der Waals surface area contributed by atoms with E-state index in [2.05, 4.69) is 5.32 Å². The molecule has 1 heterocycles. The lowest BCUT2D eigenvalue weighted by atomic mass is 9.48. The maximum Gasteiger partial charge on any atom is 0.333 e. The third kappa shape index (κ3) is 3.91. The normalized spacial score (nSPS) is 29.4. The van der Waals surface area contributed by atoms with Crippen LogP contribution in [0.25, 0.3) is 0 Å². The Kier molecular flexibility index (Phi) is 5.16. The average Bonchev–Trinajstić information content (AvgIpc) is 3.30. The fraction of sp³-hybridized carbons (Fsp3) is 0.480. The highest BCUT2D eigenvalue weighted by Crippen LogP contribution is 2.60. The van der Waals surface area contributed by atoms with Crippen molar-refractivity contribution in [3.63, 3.8) is 0 Å². The summed E-state index contributed by atoms with van der Waals surface area (Å²) in [7, 11) is 0. The van der Waals surface area contributed by atoms with Gasteiger partial charge in [-0.05, 0) is 74.0 Å². The minimum Gasteiger partial charge on any atom is -0.459 e. The van der Waals surface area contributed by atoms with Crippen molar-refractivity contribution in [2.45, 2.75) is 44.6 Å². The van der Waals surface area contributed by atoms with Crippen LogP contribution in [-0.2, 0) is 14.3 Å². The van der Waals surface area contributed by atoms with Crippen LogP contribution in [0.3, 0.4) is 0 Å². The van der Waals surface area contributed by atoms with Crippen molar-refractivity contribution in [2.75, 3.05) is 6.61 Å². The molecule has 6 rings (SSSR count). The van der Waals surface area contributed by atoms with Gasteiger partial charge in [-0.2, -0.15) is 0 Å². The van der Waals surface area contributed by atoms with E-state index >= 15 is 0 Å². The number of ketones is 1. The lowest BCUT2D eigenvalue weighted by Crippen LogP contribution is -2.51. The molecule has 2 aromatic rings. The molecule has 0 spiro atoms. The number of furan rings is 1. The van der Waals surface area contributed by atoms with Crippen LogP contribution in [0.15, 0.2) is 53.1 Å². The molecule has 31 heavy (non-hydrogen) atoms. The summed E-state index contributed by atoms with van der Waals surface area (Å²) in [5, 5.41) is 2.68. The number of hydrogen-bond donors (Lipinski definition) is 1. The minimum atomic E-state index is -1.01. The molecule has 1 amide bonds.